The maximum Gasteiger partial charge on any atom is 0.240 e. The largest absolute Gasteiger partial charge is 0.494 e. The van der Waals surface area contributed by atoms with Gasteiger partial charge in [-0.1, -0.05) is 6.92 Å². The maximum absolute atomic E-state index is 12.0. The molecule has 8 nitrogen and oxygen atoms in total. The fourth-order valence-electron chi connectivity index (χ4n) is 2.69. The molecule has 0 saturated carbocycles. The van der Waals surface area contributed by atoms with E-state index in [1.807, 2.05) is 32.9 Å². The summed E-state index contributed by atoms with van der Waals surface area (Å²) in [5, 5.41) is 6.70. The van der Waals surface area contributed by atoms with E-state index >= 15 is 0 Å². The van der Waals surface area contributed by atoms with Crippen LogP contribution in [-0.4, -0.2) is 37.8 Å². The second-order valence-electron chi connectivity index (χ2n) is 6.79. The minimum atomic E-state index is -0.351. The van der Waals surface area contributed by atoms with Crippen LogP contribution in [0.4, 0.5) is 5.69 Å². The first-order valence-electron chi connectivity index (χ1n) is 10.8. The van der Waals surface area contributed by atoms with Gasteiger partial charge in [0, 0.05) is 18.5 Å². The van der Waals surface area contributed by atoms with E-state index in [0.717, 1.165) is 17.7 Å². The van der Waals surface area contributed by atoms with Crippen LogP contribution in [0.2, 0.25) is 0 Å². The van der Waals surface area contributed by atoms with Crippen molar-refractivity contribution in [3.8, 4) is 17.2 Å². The highest BCUT2D eigenvalue weighted by molar-refractivity contribution is 5.93. The molecule has 172 valence electrons. The van der Waals surface area contributed by atoms with E-state index in [1.165, 1.54) is 6.21 Å². The highest BCUT2D eigenvalue weighted by Crippen LogP contribution is 2.28. The summed E-state index contributed by atoms with van der Waals surface area (Å²) in [6, 6.07) is 12.5. The molecule has 0 aliphatic rings. The van der Waals surface area contributed by atoms with Crippen molar-refractivity contribution in [1.29, 1.82) is 0 Å². The van der Waals surface area contributed by atoms with Gasteiger partial charge in [-0.05, 0) is 68.3 Å². The molecule has 0 unspecified atom stereocenters. The molecule has 0 aliphatic heterocycles. The van der Waals surface area contributed by atoms with Gasteiger partial charge in [-0.3, -0.25) is 9.59 Å². The lowest BCUT2D eigenvalue weighted by Gasteiger charge is -2.11. The topological polar surface area (TPSA) is 98.2 Å². The fourth-order valence-corrected chi connectivity index (χ4v) is 2.69. The molecule has 0 radical (unpaired) electrons. The van der Waals surface area contributed by atoms with Crippen LogP contribution in [0.25, 0.3) is 0 Å². The molecule has 2 aromatic carbocycles. The van der Waals surface area contributed by atoms with Gasteiger partial charge in [-0.25, -0.2) is 5.43 Å². The molecular formula is C24H31N3O5. The van der Waals surface area contributed by atoms with Crippen molar-refractivity contribution >= 4 is 23.7 Å². The first kappa shape index (κ1) is 24.7. The predicted molar refractivity (Wildman–Crippen MR) is 125 cm³/mol. The number of hydrogen-bond acceptors (Lipinski definition) is 6. The van der Waals surface area contributed by atoms with E-state index in [2.05, 4.69) is 15.8 Å². The van der Waals surface area contributed by atoms with Crippen LogP contribution in [0.1, 0.15) is 45.6 Å². The quantitative estimate of drug-likeness (QED) is 0.360. The van der Waals surface area contributed by atoms with Crippen molar-refractivity contribution < 1.29 is 23.8 Å². The van der Waals surface area contributed by atoms with Crippen molar-refractivity contribution in [2.24, 2.45) is 5.10 Å². The Morgan fingerprint density at radius 2 is 1.59 bits per heavy atom. The number of benzene rings is 2. The van der Waals surface area contributed by atoms with Crippen molar-refractivity contribution in [3.63, 3.8) is 0 Å². The molecule has 32 heavy (non-hydrogen) atoms. The Hall–Kier alpha value is -3.55. The molecule has 2 rings (SSSR count). The lowest BCUT2D eigenvalue weighted by Crippen LogP contribution is -2.20. The molecule has 0 aromatic heterocycles. The highest BCUT2D eigenvalue weighted by Gasteiger charge is 2.08. The summed E-state index contributed by atoms with van der Waals surface area (Å²) >= 11 is 0. The first-order chi connectivity index (χ1) is 15.5. The van der Waals surface area contributed by atoms with Gasteiger partial charge in [0.05, 0.1) is 26.0 Å². The molecule has 8 heteroatoms. The normalized spacial score (nSPS) is 10.6. The monoisotopic (exact) mass is 441 g/mol. The van der Waals surface area contributed by atoms with E-state index in [1.54, 1.807) is 30.3 Å². The van der Waals surface area contributed by atoms with Crippen molar-refractivity contribution in [2.45, 2.75) is 40.0 Å². The summed E-state index contributed by atoms with van der Waals surface area (Å²) in [6.45, 7) is 7.54. The molecule has 0 fully saturated rings. The maximum atomic E-state index is 12.0. The van der Waals surface area contributed by atoms with Crippen LogP contribution in [0.3, 0.4) is 0 Å². The number of hydrogen-bond donors (Lipinski definition) is 2. The SMILES string of the molecule is CCCOc1ccc(C=NNC(=O)CCC(=O)Nc2ccc(OCC)cc2)cc1OCC. The van der Waals surface area contributed by atoms with E-state index in [4.69, 9.17) is 14.2 Å². The average Bonchev–Trinajstić information content (AvgIpc) is 2.79. The van der Waals surface area contributed by atoms with Crippen LogP contribution in [0, 0.1) is 0 Å². The van der Waals surface area contributed by atoms with Crippen LogP contribution < -0.4 is 25.0 Å². The highest BCUT2D eigenvalue weighted by atomic mass is 16.5. The number of anilines is 1. The zero-order chi connectivity index (χ0) is 23.2. The van der Waals surface area contributed by atoms with Gasteiger partial charge in [0.1, 0.15) is 5.75 Å². The summed E-state index contributed by atoms with van der Waals surface area (Å²) < 4.78 is 16.6. The number of nitrogens with one attached hydrogen (secondary N) is 2. The second kappa shape index (κ2) is 13.7. The number of carbonyl (C=O) groups is 2. The van der Waals surface area contributed by atoms with E-state index in [-0.39, 0.29) is 24.7 Å². The van der Waals surface area contributed by atoms with E-state index in [0.29, 0.717) is 37.0 Å². The summed E-state index contributed by atoms with van der Waals surface area (Å²) in [6.07, 6.45) is 2.49. The Balaban J connectivity index is 1.79. The number of carbonyl (C=O) groups excluding carboxylic acids is 2. The standard InChI is InChI=1S/C24H31N3O5/c1-4-15-32-21-12-7-18(16-22(21)31-6-3)17-25-27-24(29)14-13-23(28)26-19-8-10-20(11-9-19)30-5-2/h7-12,16-17H,4-6,13-15H2,1-3H3,(H,26,28)(H,27,29). The third kappa shape index (κ3) is 8.67. The minimum Gasteiger partial charge on any atom is -0.494 e. The molecule has 0 spiro atoms. The number of ether oxygens (including phenoxy) is 3. The zero-order valence-corrected chi connectivity index (χ0v) is 18.8. The Bertz CT molecular complexity index is 897. The summed E-state index contributed by atoms with van der Waals surface area (Å²) in [5.41, 5.74) is 3.84. The molecular weight excluding hydrogens is 410 g/mol. The van der Waals surface area contributed by atoms with Crippen LogP contribution in [0.5, 0.6) is 17.2 Å². The van der Waals surface area contributed by atoms with Crippen molar-refractivity contribution in [2.75, 3.05) is 25.1 Å². The number of hydrazone groups is 1. The van der Waals surface area contributed by atoms with Gasteiger partial charge >= 0.3 is 0 Å². The molecule has 0 heterocycles. The number of amides is 2. The van der Waals surface area contributed by atoms with Gasteiger partial charge in [0.25, 0.3) is 0 Å². The first-order valence-corrected chi connectivity index (χ1v) is 10.8. The molecule has 2 amide bonds. The van der Waals surface area contributed by atoms with Crippen LogP contribution >= 0.6 is 0 Å². The average molecular weight is 442 g/mol. The molecule has 0 aliphatic carbocycles. The predicted octanol–water partition coefficient (Wildman–Crippen LogP) is 4.14. The lowest BCUT2D eigenvalue weighted by atomic mass is 10.2. The second-order valence-corrected chi connectivity index (χ2v) is 6.79. The smallest absolute Gasteiger partial charge is 0.240 e. The molecule has 0 atom stereocenters. The Morgan fingerprint density at radius 1 is 0.875 bits per heavy atom. The van der Waals surface area contributed by atoms with Gasteiger partial charge in [0.15, 0.2) is 11.5 Å². The fraction of sp³-hybridized carbons (Fsp3) is 0.375. The zero-order valence-electron chi connectivity index (χ0n) is 18.8. The molecule has 2 aromatic rings. The number of nitrogens with zero attached hydrogens (tertiary/aromatic N) is 1. The van der Waals surface area contributed by atoms with Gasteiger partial charge in [0.2, 0.25) is 11.8 Å². The lowest BCUT2D eigenvalue weighted by molar-refractivity contribution is -0.124. The van der Waals surface area contributed by atoms with E-state index < -0.39 is 0 Å². The summed E-state index contributed by atoms with van der Waals surface area (Å²) in [7, 11) is 0. The number of rotatable bonds is 13. The molecule has 0 saturated heterocycles. The third-order valence-corrected chi connectivity index (χ3v) is 4.16. The van der Waals surface area contributed by atoms with E-state index in [9.17, 15) is 9.59 Å². The molecule has 2 N–H and O–H groups in total. The Morgan fingerprint density at radius 3 is 2.28 bits per heavy atom. The summed E-state index contributed by atoms with van der Waals surface area (Å²) in [4.78, 5) is 24.0. The van der Waals surface area contributed by atoms with Crippen molar-refractivity contribution in [3.05, 3.63) is 48.0 Å². The van der Waals surface area contributed by atoms with Gasteiger partial charge in [-0.2, -0.15) is 5.10 Å². The van der Waals surface area contributed by atoms with Gasteiger partial charge < -0.3 is 19.5 Å². The van der Waals surface area contributed by atoms with Gasteiger partial charge in [-0.15, -0.1) is 0 Å². The third-order valence-electron chi connectivity index (χ3n) is 4.16. The minimum absolute atomic E-state index is 0.0220. The van der Waals surface area contributed by atoms with Crippen LogP contribution in [0.15, 0.2) is 47.6 Å². The van der Waals surface area contributed by atoms with Crippen molar-refractivity contribution in [1.82, 2.24) is 5.43 Å². The molecule has 0 bridgehead atoms. The Labute approximate surface area is 188 Å². The summed E-state index contributed by atoms with van der Waals surface area (Å²) in [5.74, 6) is 1.43. The Kier molecular flexibility index (Phi) is 10.6. The van der Waals surface area contributed by atoms with Crippen LogP contribution in [-0.2, 0) is 9.59 Å².